The molecule has 2 aromatic rings. The van der Waals surface area contributed by atoms with Gasteiger partial charge < -0.3 is 53.7 Å². The molecule has 1 aromatic carbocycles. The number of methoxy groups -OCH3 is 2. The summed E-state index contributed by atoms with van der Waals surface area (Å²) in [7, 11) is 4.98. The number of ketones is 1. The van der Waals surface area contributed by atoms with Gasteiger partial charge in [0.05, 0.1) is 64.8 Å². The van der Waals surface area contributed by atoms with E-state index in [0.717, 1.165) is 11.3 Å². The van der Waals surface area contributed by atoms with Crippen LogP contribution in [0.3, 0.4) is 0 Å². The van der Waals surface area contributed by atoms with E-state index in [1.807, 2.05) is 34.0 Å². The number of ether oxygens (including phenoxy) is 6. The van der Waals surface area contributed by atoms with Crippen LogP contribution in [-0.4, -0.2) is 163 Å². The number of esters is 1. The lowest BCUT2D eigenvalue weighted by Gasteiger charge is -2.52. The van der Waals surface area contributed by atoms with Crippen LogP contribution in [0.25, 0.3) is 0 Å². The zero-order chi connectivity index (χ0) is 50.6. The third-order valence-corrected chi connectivity index (χ3v) is 15.5. The molecule has 0 radical (unpaired) electrons. The maximum Gasteiger partial charge on any atom is 0.309 e. The number of non-ortho nitro benzene ring substituents is 1. The van der Waals surface area contributed by atoms with Crippen LogP contribution in [0.4, 0.5) is 5.69 Å². The van der Waals surface area contributed by atoms with E-state index in [1.54, 1.807) is 58.4 Å². The van der Waals surface area contributed by atoms with Gasteiger partial charge in [-0.2, -0.15) is 0 Å². The van der Waals surface area contributed by atoms with Gasteiger partial charge in [0.15, 0.2) is 6.29 Å². The summed E-state index contributed by atoms with van der Waals surface area (Å²) in [6.45, 7) is 18.3. The van der Waals surface area contributed by atoms with E-state index in [4.69, 9.17) is 28.4 Å². The summed E-state index contributed by atoms with van der Waals surface area (Å²) in [6.07, 6.45) is -4.76. The summed E-state index contributed by atoms with van der Waals surface area (Å²) in [5.41, 5.74) is -2.69. The van der Waals surface area contributed by atoms with Crippen LogP contribution in [0.5, 0.6) is 0 Å². The Balaban J connectivity index is 1.45. The SMILES string of the molecule is CC[C@H]1OC(=O)[C@H](C)C([C@H]2C[C@@](C)(OC)[C@@H](O)[C@H](C)O2)[C@H](C)[C@@H](O[C@@H]2O[C@H](C)C[C@H](N(C)CCCc3cn(Cc4ccc([N+](=O)[O-])cc4)nn3)[C@H]2O)[C@](C)(OC)C[C@@H](C)C(=O)[C@H](C)[C@@H](O)[C@]1(C)O. The highest BCUT2D eigenvalue weighted by molar-refractivity contribution is 5.83. The lowest BCUT2D eigenvalue weighted by molar-refractivity contribution is -0.384. The quantitative estimate of drug-likeness (QED) is 0.117. The van der Waals surface area contributed by atoms with Crippen LogP contribution in [-0.2, 0) is 51.0 Å². The lowest BCUT2D eigenvalue weighted by atomic mass is 9.67. The molecule has 0 aliphatic carbocycles. The molecule has 1 aromatic heterocycles. The van der Waals surface area contributed by atoms with Crippen molar-refractivity contribution < 1.29 is 63.4 Å². The Bertz CT molecular complexity index is 1990. The third-order valence-electron chi connectivity index (χ3n) is 15.5. The van der Waals surface area contributed by atoms with Gasteiger partial charge >= 0.3 is 5.97 Å². The lowest BCUT2D eigenvalue weighted by Crippen LogP contribution is -2.62. The van der Waals surface area contributed by atoms with Crippen molar-refractivity contribution in [1.82, 2.24) is 19.9 Å². The third kappa shape index (κ3) is 12.1. The van der Waals surface area contributed by atoms with Crippen LogP contribution < -0.4 is 0 Å². The number of nitrogens with zero attached hydrogens (tertiary/aromatic N) is 5. The molecule has 68 heavy (non-hydrogen) atoms. The van der Waals surface area contributed by atoms with E-state index in [1.165, 1.54) is 33.3 Å². The van der Waals surface area contributed by atoms with Gasteiger partial charge in [-0.1, -0.05) is 52.0 Å². The van der Waals surface area contributed by atoms with Crippen molar-refractivity contribution in [2.45, 2.75) is 192 Å². The summed E-state index contributed by atoms with van der Waals surface area (Å²) in [5.74, 6) is -5.08. The average Bonchev–Trinajstić information content (AvgIpc) is 3.75. The van der Waals surface area contributed by atoms with E-state index in [2.05, 4.69) is 15.2 Å². The van der Waals surface area contributed by atoms with E-state index in [0.29, 0.717) is 32.4 Å². The van der Waals surface area contributed by atoms with E-state index in [-0.39, 0.29) is 36.8 Å². The van der Waals surface area contributed by atoms with Gasteiger partial charge in [0.25, 0.3) is 5.69 Å². The summed E-state index contributed by atoms with van der Waals surface area (Å²) in [4.78, 5) is 41.5. The minimum atomic E-state index is -1.98. The van der Waals surface area contributed by atoms with Crippen molar-refractivity contribution >= 4 is 17.4 Å². The molecule has 3 fully saturated rings. The molecule has 1 unspecified atom stereocenters. The molecule has 18 atom stereocenters. The van der Waals surface area contributed by atoms with Crippen LogP contribution in [0, 0.1) is 39.7 Å². The number of likely N-dealkylation sites (N-methyl/N-ethyl adjacent to an activating group) is 1. The summed E-state index contributed by atoms with van der Waals surface area (Å²) in [6, 6.07) is 5.90. The normalized spacial score (nSPS) is 40.2. The zero-order valence-corrected chi connectivity index (χ0v) is 42.3. The molecule has 384 valence electrons. The monoisotopic (exact) mass is 962 g/mol. The van der Waals surface area contributed by atoms with Crippen molar-refractivity contribution in [2.24, 2.45) is 29.6 Å². The number of aliphatic hydroxyl groups excluding tert-OH is 3. The van der Waals surface area contributed by atoms with Gasteiger partial charge in [-0.15, -0.1) is 5.10 Å². The number of Topliss-reactive ketones (excluding diaryl/α,β-unsaturated/α-hetero) is 1. The molecule has 0 spiro atoms. The fraction of sp³-hybridized carbons (Fsp3) is 0.796. The molecular formula is C49H79N5O14. The second-order valence-corrected chi connectivity index (χ2v) is 20.7. The number of aromatic nitrogens is 3. The predicted octanol–water partition coefficient (Wildman–Crippen LogP) is 4.26. The van der Waals surface area contributed by atoms with Crippen molar-refractivity contribution in [1.29, 1.82) is 0 Å². The predicted molar refractivity (Wildman–Crippen MR) is 249 cm³/mol. The zero-order valence-electron chi connectivity index (χ0n) is 42.3. The minimum absolute atomic E-state index is 0.0180. The number of aryl methyl sites for hydroxylation is 1. The molecule has 19 heteroatoms. The van der Waals surface area contributed by atoms with Gasteiger partial charge in [-0.3, -0.25) is 19.7 Å². The number of nitro groups is 1. The van der Waals surface area contributed by atoms with Crippen molar-refractivity contribution in [3.05, 3.63) is 51.8 Å². The average molecular weight is 962 g/mol. The first-order valence-electron chi connectivity index (χ1n) is 24.2. The Morgan fingerprint density at radius 1 is 0.941 bits per heavy atom. The van der Waals surface area contributed by atoms with Crippen LogP contribution in [0.2, 0.25) is 0 Å². The maximum atomic E-state index is 14.6. The number of cyclic esters (lactones) is 1. The van der Waals surface area contributed by atoms with Crippen molar-refractivity contribution in [2.75, 3.05) is 27.8 Å². The molecular weight excluding hydrogens is 883 g/mol. The summed E-state index contributed by atoms with van der Waals surface area (Å²) in [5, 5.41) is 66.6. The minimum Gasteiger partial charge on any atom is -0.459 e. The highest BCUT2D eigenvalue weighted by atomic mass is 16.7. The maximum absolute atomic E-state index is 14.6. The van der Waals surface area contributed by atoms with Crippen LogP contribution >= 0.6 is 0 Å². The number of benzene rings is 1. The van der Waals surface area contributed by atoms with Gasteiger partial charge in [-0.05, 0) is 91.8 Å². The molecule has 4 N–H and O–H groups in total. The standard InChI is InChI=1S/C49H79N5O14/c1-14-38-49(10,60)42(57)31(6)40(55)27(2)23-48(9,64-13)44(29(4)39(30(5)45(59)67-38)37-24-47(8,63-12)43(58)32(7)66-37)68-46-41(56)36(22-28(3)65-46)52(11)21-15-16-34-26-53(51-50-34)25-33-17-19-35(20-18-33)54(61)62/h17-20,26-32,36-39,41-44,46,56-58,60H,14-16,21-25H2,1-13H3/t27-,28-,29+,30-,31+,32+,36+,37-,38-,39?,41-,42-,43+,44-,46+,47-,48-,49-/m1/s1. The number of hydrogen-bond donors (Lipinski definition) is 4. The Kier molecular flexibility index (Phi) is 18.5. The molecule has 3 aliphatic heterocycles. The fourth-order valence-corrected chi connectivity index (χ4v) is 11.2. The highest BCUT2D eigenvalue weighted by Crippen LogP contribution is 2.46. The Morgan fingerprint density at radius 2 is 1.59 bits per heavy atom. The molecule has 0 saturated carbocycles. The summed E-state index contributed by atoms with van der Waals surface area (Å²) >= 11 is 0. The molecule has 4 heterocycles. The van der Waals surface area contributed by atoms with Crippen LogP contribution in [0.15, 0.2) is 30.5 Å². The number of carbonyl (C=O) groups is 2. The van der Waals surface area contributed by atoms with E-state index < -0.39 is 112 Å². The molecule has 0 amide bonds. The first-order valence-corrected chi connectivity index (χ1v) is 24.2. The molecule has 5 rings (SSSR count). The van der Waals surface area contributed by atoms with E-state index >= 15 is 0 Å². The number of carbonyl (C=O) groups excluding carboxylic acids is 2. The topological polar surface area (TPSA) is 248 Å². The van der Waals surface area contributed by atoms with Crippen molar-refractivity contribution in [3.63, 3.8) is 0 Å². The molecule has 3 saturated heterocycles. The number of rotatable bonds is 14. The van der Waals surface area contributed by atoms with Crippen molar-refractivity contribution in [3.8, 4) is 0 Å². The Labute approximate surface area is 401 Å². The first-order chi connectivity index (χ1) is 31.8. The highest BCUT2D eigenvalue weighted by Gasteiger charge is 2.56. The second-order valence-electron chi connectivity index (χ2n) is 20.7. The molecule has 0 bridgehead atoms. The molecule has 3 aliphatic rings. The van der Waals surface area contributed by atoms with Gasteiger partial charge in [-0.25, -0.2) is 4.68 Å². The number of hydrogen-bond acceptors (Lipinski definition) is 17. The Hall–Kier alpha value is -3.50. The largest absolute Gasteiger partial charge is 0.459 e. The first kappa shape index (κ1) is 55.4. The summed E-state index contributed by atoms with van der Waals surface area (Å²) < 4.78 is 40.3. The molecule has 19 nitrogen and oxygen atoms in total. The smallest absolute Gasteiger partial charge is 0.309 e. The Morgan fingerprint density at radius 3 is 2.19 bits per heavy atom. The van der Waals surface area contributed by atoms with E-state index in [9.17, 15) is 40.1 Å². The fourth-order valence-electron chi connectivity index (χ4n) is 11.2. The van der Waals surface area contributed by atoms with Gasteiger partial charge in [0.1, 0.15) is 29.7 Å². The second kappa shape index (κ2) is 22.7. The number of aliphatic hydroxyl groups is 4. The van der Waals surface area contributed by atoms with Gasteiger partial charge in [0, 0.05) is 62.8 Å². The van der Waals surface area contributed by atoms with Crippen LogP contribution in [0.1, 0.15) is 113 Å². The number of nitro benzene ring substituents is 1. The van der Waals surface area contributed by atoms with Gasteiger partial charge in [0.2, 0.25) is 0 Å².